The van der Waals surface area contributed by atoms with Crippen LogP contribution in [0.5, 0.6) is 0 Å². The summed E-state index contributed by atoms with van der Waals surface area (Å²) in [5.74, 6) is 1.44. The molecule has 7 nitrogen and oxygen atoms in total. The van der Waals surface area contributed by atoms with Crippen molar-refractivity contribution in [2.75, 3.05) is 41.3 Å². The first-order valence-electron chi connectivity index (χ1n) is 10.0. The lowest BCUT2D eigenvalue weighted by Crippen LogP contribution is -2.47. The number of pyridine rings is 1. The van der Waals surface area contributed by atoms with Crippen molar-refractivity contribution in [3.8, 4) is 0 Å². The number of nitrogens with zero attached hydrogens (tertiary/aromatic N) is 5. The van der Waals surface area contributed by atoms with E-state index in [2.05, 4.69) is 54.7 Å². The molecule has 3 aromatic rings. The zero-order valence-corrected chi connectivity index (χ0v) is 17.8. The number of rotatable bonds is 5. The van der Waals surface area contributed by atoms with Crippen molar-refractivity contribution in [2.45, 2.75) is 13.5 Å². The fourth-order valence-electron chi connectivity index (χ4n) is 3.43. The van der Waals surface area contributed by atoms with Crippen LogP contribution in [-0.2, 0) is 6.54 Å². The maximum atomic E-state index is 5.40. The second-order valence-electron chi connectivity index (χ2n) is 7.17. The topological polar surface area (TPSA) is 69.2 Å². The van der Waals surface area contributed by atoms with Gasteiger partial charge in [-0.05, 0) is 42.9 Å². The molecule has 0 saturated carbocycles. The summed E-state index contributed by atoms with van der Waals surface area (Å²) in [7, 11) is 0. The molecule has 1 aliphatic heterocycles. The van der Waals surface area contributed by atoms with Gasteiger partial charge in [0, 0.05) is 62.6 Å². The normalized spacial score (nSPS) is 13.8. The summed E-state index contributed by atoms with van der Waals surface area (Å²) in [5, 5.41) is 6.77. The molecule has 3 heterocycles. The highest BCUT2D eigenvalue weighted by Gasteiger charge is 2.19. The van der Waals surface area contributed by atoms with Gasteiger partial charge in [-0.15, -0.1) is 0 Å². The summed E-state index contributed by atoms with van der Waals surface area (Å²) >= 11 is 5.40. The molecule has 1 saturated heterocycles. The highest BCUT2D eigenvalue weighted by molar-refractivity contribution is 7.80. The van der Waals surface area contributed by atoms with Crippen LogP contribution in [0.3, 0.4) is 0 Å². The fourth-order valence-corrected chi connectivity index (χ4v) is 3.60. The van der Waals surface area contributed by atoms with E-state index in [0.29, 0.717) is 17.6 Å². The molecule has 0 aliphatic carbocycles. The number of hydrogen-bond acceptors (Lipinski definition) is 6. The van der Waals surface area contributed by atoms with Crippen LogP contribution in [-0.4, -0.2) is 46.2 Å². The summed E-state index contributed by atoms with van der Waals surface area (Å²) in [5.41, 5.74) is 3.23. The van der Waals surface area contributed by atoms with E-state index in [1.807, 2.05) is 37.4 Å². The highest BCUT2D eigenvalue weighted by Crippen LogP contribution is 2.20. The molecule has 1 fully saturated rings. The number of nitrogens with one attached hydrogen (secondary N) is 2. The summed E-state index contributed by atoms with van der Waals surface area (Å²) in [4.78, 5) is 18.0. The van der Waals surface area contributed by atoms with Crippen molar-refractivity contribution in [2.24, 2.45) is 0 Å². The number of anilines is 3. The van der Waals surface area contributed by atoms with Gasteiger partial charge in [-0.25, -0.2) is 4.98 Å². The quantitative estimate of drug-likeness (QED) is 0.612. The van der Waals surface area contributed by atoms with Gasteiger partial charge in [0.15, 0.2) is 5.11 Å². The largest absolute Gasteiger partial charge is 0.368 e. The second kappa shape index (κ2) is 9.49. The van der Waals surface area contributed by atoms with Crippen molar-refractivity contribution in [1.29, 1.82) is 0 Å². The van der Waals surface area contributed by atoms with Gasteiger partial charge in [0.2, 0.25) is 5.95 Å². The number of aryl methyl sites for hydroxylation is 1. The van der Waals surface area contributed by atoms with Crippen LogP contribution in [0.15, 0.2) is 60.9 Å². The smallest absolute Gasteiger partial charge is 0.231 e. The van der Waals surface area contributed by atoms with Crippen LogP contribution in [0, 0.1) is 6.92 Å². The van der Waals surface area contributed by atoms with E-state index in [1.165, 1.54) is 5.69 Å². The van der Waals surface area contributed by atoms with Gasteiger partial charge in [-0.3, -0.25) is 4.98 Å². The summed E-state index contributed by atoms with van der Waals surface area (Å²) in [6.07, 6.45) is 3.56. The highest BCUT2D eigenvalue weighted by atomic mass is 32.1. The first-order valence-corrected chi connectivity index (χ1v) is 10.4. The molecular weight excluding hydrogens is 394 g/mol. The van der Waals surface area contributed by atoms with Crippen molar-refractivity contribution in [3.63, 3.8) is 0 Å². The lowest BCUT2D eigenvalue weighted by molar-refractivity contribution is 0.647. The Morgan fingerprint density at radius 1 is 1.00 bits per heavy atom. The van der Waals surface area contributed by atoms with Crippen LogP contribution in [0.1, 0.15) is 11.3 Å². The van der Waals surface area contributed by atoms with Gasteiger partial charge in [0.1, 0.15) is 5.82 Å². The fraction of sp³-hybridized carbons (Fsp3) is 0.273. The lowest BCUT2D eigenvalue weighted by Gasteiger charge is -2.36. The van der Waals surface area contributed by atoms with Gasteiger partial charge in [0.25, 0.3) is 0 Å². The number of aromatic nitrogens is 3. The number of piperazine rings is 1. The molecule has 1 aromatic carbocycles. The summed E-state index contributed by atoms with van der Waals surface area (Å²) < 4.78 is 0. The number of benzene rings is 1. The molecule has 8 heteroatoms. The summed E-state index contributed by atoms with van der Waals surface area (Å²) in [6, 6.07) is 16.5. The molecule has 0 amide bonds. The molecule has 1 aliphatic rings. The van der Waals surface area contributed by atoms with Gasteiger partial charge < -0.3 is 20.4 Å². The molecule has 154 valence electrons. The van der Waals surface area contributed by atoms with Crippen molar-refractivity contribution < 1.29 is 0 Å². The maximum Gasteiger partial charge on any atom is 0.231 e. The maximum absolute atomic E-state index is 5.40. The standard InChI is InChI=1S/C22H25N7S/c1-17-14-20(29-12-10-28(11-13-29)19-7-3-2-4-8-19)26-21(25-17)27-22(30)24-16-18-6-5-9-23-15-18/h2-9,14-15H,10-13,16H2,1H3,(H2,24,25,26,27,30). The molecule has 4 rings (SSSR count). The van der Waals surface area contributed by atoms with Gasteiger partial charge in [-0.1, -0.05) is 24.3 Å². The predicted octanol–water partition coefficient (Wildman–Crippen LogP) is 2.99. The van der Waals surface area contributed by atoms with Crippen LogP contribution < -0.4 is 20.4 Å². The third-order valence-corrected chi connectivity index (χ3v) is 5.21. The van der Waals surface area contributed by atoms with Crippen molar-refractivity contribution in [3.05, 3.63) is 72.2 Å². The lowest BCUT2D eigenvalue weighted by atomic mass is 10.2. The molecule has 0 atom stereocenters. The van der Waals surface area contributed by atoms with Crippen LogP contribution in [0.4, 0.5) is 17.5 Å². The minimum atomic E-state index is 0.490. The Morgan fingerprint density at radius 2 is 1.77 bits per heavy atom. The number of para-hydroxylation sites is 1. The molecule has 30 heavy (non-hydrogen) atoms. The van der Waals surface area contributed by atoms with Gasteiger partial charge >= 0.3 is 0 Å². The Labute approximate surface area is 182 Å². The van der Waals surface area contributed by atoms with E-state index in [9.17, 15) is 0 Å². The van der Waals surface area contributed by atoms with Crippen molar-refractivity contribution in [1.82, 2.24) is 20.3 Å². The van der Waals surface area contributed by atoms with E-state index >= 15 is 0 Å². The molecular formula is C22H25N7S. The molecule has 0 bridgehead atoms. The van der Waals surface area contributed by atoms with Crippen molar-refractivity contribution >= 4 is 34.8 Å². The average molecular weight is 420 g/mol. The average Bonchev–Trinajstić information content (AvgIpc) is 2.79. The van der Waals surface area contributed by atoms with E-state index in [-0.39, 0.29) is 0 Å². The zero-order chi connectivity index (χ0) is 20.8. The van der Waals surface area contributed by atoms with E-state index < -0.39 is 0 Å². The predicted molar refractivity (Wildman–Crippen MR) is 125 cm³/mol. The minimum Gasteiger partial charge on any atom is -0.368 e. The minimum absolute atomic E-state index is 0.490. The van der Waals surface area contributed by atoms with Crippen LogP contribution >= 0.6 is 12.2 Å². The summed E-state index contributed by atoms with van der Waals surface area (Å²) in [6.45, 7) is 6.31. The third kappa shape index (κ3) is 5.21. The Balaban J connectivity index is 1.35. The Bertz CT molecular complexity index is 973. The molecule has 0 spiro atoms. The SMILES string of the molecule is Cc1cc(N2CCN(c3ccccc3)CC2)nc(NC(=S)NCc2cccnc2)n1. The van der Waals surface area contributed by atoms with Gasteiger partial charge in [0.05, 0.1) is 0 Å². The molecule has 2 N–H and O–H groups in total. The van der Waals surface area contributed by atoms with E-state index in [1.54, 1.807) is 6.20 Å². The van der Waals surface area contributed by atoms with Crippen LogP contribution in [0.25, 0.3) is 0 Å². The number of thiocarbonyl (C=S) groups is 1. The Kier molecular flexibility index (Phi) is 6.34. The van der Waals surface area contributed by atoms with Crippen LogP contribution in [0.2, 0.25) is 0 Å². The third-order valence-electron chi connectivity index (χ3n) is 4.97. The molecule has 0 radical (unpaired) electrons. The molecule has 2 aromatic heterocycles. The Hall–Kier alpha value is -3.26. The monoisotopic (exact) mass is 419 g/mol. The first-order chi connectivity index (χ1) is 14.7. The van der Waals surface area contributed by atoms with E-state index in [4.69, 9.17) is 17.2 Å². The number of hydrogen-bond donors (Lipinski definition) is 2. The second-order valence-corrected chi connectivity index (χ2v) is 7.58. The first kappa shape index (κ1) is 20.0. The Morgan fingerprint density at radius 3 is 2.50 bits per heavy atom. The zero-order valence-electron chi connectivity index (χ0n) is 17.0. The van der Waals surface area contributed by atoms with E-state index in [0.717, 1.165) is 43.3 Å². The molecule has 0 unspecified atom stereocenters. The van der Waals surface area contributed by atoms with Gasteiger partial charge in [-0.2, -0.15) is 4.98 Å².